The number of hydrogen-bond acceptors (Lipinski definition) is 3. The highest BCUT2D eigenvalue weighted by molar-refractivity contribution is 5.85. The van der Waals surface area contributed by atoms with Crippen molar-refractivity contribution in [1.29, 1.82) is 0 Å². The number of benzene rings is 1. The lowest BCUT2D eigenvalue weighted by Crippen LogP contribution is -2.44. The Balaban J connectivity index is 0.00000264. The topological polar surface area (TPSA) is 50.4 Å². The Kier molecular flexibility index (Phi) is 7.81. The van der Waals surface area contributed by atoms with E-state index in [0.717, 1.165) is 25.9 Å². The van der Waals surface area contributed by atoms with Crippen LogP contribution in [0.3, 0.4) is 0 Å². The van der Waals surface area contributed by atoms with Gasteiger partial charge in [-0.3, -0.25) is 4.79 Å². The predicted octanol–water partition coefficient (Wildman–Crippen LogP) is 2.60. The number of piperidine rings is 1. The van der Waals surface area contributed by atoms with Gasteiger partial charge in [-0.05, 0) is 31.5 Å². The van der Waals surface area contributed by atoms with Crippen molar-refractivity contribution < 1.29 is 22.7 Å². The summed E-state index contributed by atoms with van der Waals surface area (Å²) in [5.74, 6) is -0.517. The van der Waals surface area contributed by atoms with Crippen LogP contribution in [0.1, 0.15) is 24.5 Å². The van der Waals surface area contributed by atoms with Crippen molar-refractivity contribution in [2.75, 3.05) is 19.7 Å². The Morgan fingerprint density at radius 2 is 1.87 bits per heavy atom. The molecule has 0 bridgehead atoms. The molecule has 8 heteroatoms. The number of alkyl halides is 3. The van der Waals surface area contributed by atoms with Gasteiger partial charge < -0.3 is 15.4 Å². The molecule has 1 aromatic carbocycles. The number of halogens is 4. The highest BCUT2D eigenvalue weighted by Gasteiger charge is 2.42. The van der Waals surface area contributed by atoms with Crippen molar-refractivity contribution >= 4 is 18.3 Å². The molecule has 1 unspecified atom stereocenters. The highest BCUT2D eigenvalue weighted by Crippen LogP contribution is 2.35. The average Bonchev–Trinajstić information content (AvgIpc) is 2.48. The first kappa shape index (κ1) is 19.7. The number of carbonyl (C=O) groups is 1. The maximum Gasteiger partial charge on any atom is 0.418 e. The fraction of sp³-hybridized carbons (Fsp3) is 0.533. The van der Waals surface area contributed by atoms with Gasteiger partial charge in [0, 0.05) is 6.04 Å². The smallest absolute Gasteiger partial charge is 0.354 e. The van der Waals surface area contributed by atoms with Crippen LogP contribution in [0.15, 0.2) is 30.3 Å². The third-order valence-electron chi connectivity index (χ3n) is 3.48. The molecule has 1 aromatic rings. The van der Waals surface area contributed by atoms with E-state index in [9.17, 15) is 18.0 Å². The van der Waals surface area contributed by atoms with Gasteiger partial charge in [-0.1, -0.05) is 30.3 Å². The second-order valence-corrected chi connectivity index (χ2v) is 5.24. The van der Waals surface area contributed by atoms with Gasteiger partial charge in [0.15, 0.2) is 6.10 Å². The van der Waals surface area contributed by atoms with E-state index in [4.69, 9.17) is 4.74 Å². The summed E-state index contributed by atoms with van der Waals surface area (Å²) in [6.07, 6.45) is -5.11. The van der Waals surface area contributed by atoms with Crippen LogP contribution in [0.4, 0.5) is 13.2 Å². The van der Waals surface area contributed by atoms with E-state index in [1.165, 1.54) is 24.3 Å². The SMILES string of the molecule is Cl.O=C(COC(c1ccccc1)C(F)(F)F)NC1CCNCC1. The monoisotopic (exact) mass is 352 g/mol. The Hall–Kier alpha value is -1.31. The zero-order valence-electron chi connectivity index (χ0n) is 12.4. The van der Waals surface area contributed by atoms with Gasteiger partial charge in [-0.15, -0.1) is 12.4 Å². The van der Waals surface area contributed by atoms with Crippen LogP contribution in [-0.4, -0.2) is 37.8 Å². The van der Waals surface area contributed by atoms with E-state index in [1.807, 2.05) is 0 Å². The molecule has 1 aliphatic heterocycles. The van der Waals surface area contributed by atoms with Crippen LogP contribution in [-0.2, 0) is 9.53 Å². The summed E-state index contributed by atoms with van der Waals surface area (Å²) >= 11 is 0. The molecular weight excluding hydrogens is 333 g/mol. The molecule has 0 spiro atoms. The summed E-state index contributed by atoms with van der Waals surface area (Å²) in [6, 6.07) is 7.31. The molecule has 1 amide bonds. The number of rotatable bonds is 5. The lowest BCUT2D eigenvalue weighted by atomic mass is 10.1. The number of amides is 1. The fourth-order valence-corrected chi connectivity index (χ4v) is 2.40. The number of carbonyl (C=O) groups excluding carboxylic acids is 1. The molecule has 1 atom stereocenters. The summed E-state index contributed by atoms with van der Waals surface area (Å²) in [4.78, 5) is 11.8. The zero-order chi connectivity index (χ0) is 16.0. The van der Waals surface area contributed by atoms with E-state index >= 15 is 0 Å². The third kappa shape index (κ3) is 6.37. The molecule has 0 aliphatic carbocycles. The average molecular weight is 353 g/mol. The Morgan fingerprint density at radius 3 is 2.43 bits per heavy atom. The maximum atomic E-state index is 13.0. The molecule has 0 aromatic heterocycles. The van der Waals surface area contributed by atoms with E-state index in [1.54, 1.807) is 6.07 Å². The van der Waals surface area contributed by atoms with Crippen LogP contribution in [0.5, 0.6) is 0 Å². The third-order valence-corrected chi connectivity index (χ3v) is 3.48. The van der Waals surface area contributed by atoms with E-state index < -0.39 is 24.8 Å². The molecule has 0 saturated carbocycles. The fourth-order valence-electron chi connectivity index (χ4n) is 2.40. The number of nitrogens with one attached hydrogen (secondary N) is 2. The van der Waals surface area contributed by atoms with E-state index in [-0.39, 0.29) is 24.0 Å². The first-order valence-electron chi connectivity index (χ1n) is 7.20. The van der Waals surface area contributed by atoms with Gasteiger partial charge in [0.1, 0.15) is 6.61 Å². The number of hydrogen-bond donors (Lipinski definition) is 2. The Labute approximate surface area is 139 Å². The van der Waals surface area contributed by atoms with Crippen LogP contribution >= 0.6 is 12.4 Å². The summed E-state index contributed by atoms with van der Waals surface area (Å²) in [7, 11) is 0. The van der Waals surface area contributed by atoms with E-state index in [2.05, 4.69) is 10.6 Å². The van der Waals surface area contributed by atoms with E-state index in [0.29, 0.717) is 0 Å². The molecule has 0 radical (unpaired) electrons. The predicted molar refractivity (Wildman–Crippen MR) is 82.5 cm³/mol. The number of ether oxygens (including phenoxy) is 1. The zero-order valence-corrected chi connectivity index (χ0v) is 13.3. The molecule has 2 rings (SSSR count). The van der Waals surface area contributed by atoms with Crippen LogP contribution in [0, 0.1) is 0 Å². The quantitative estimate of drug-likeness (QED) is 0.856. The molecular formula is C15H20ClF3N2O2. The van der Waals surface area contributed by atoms with Gasteiger partial charge in [0.25, 0.3) is 0 Å². The highest BCUT2D eigenvalue weighted by atomic mass is 35.5. The Bertz CT molecular complexity index is 479. The van der Waals surface area contributed by atoms with Crippen molar-refractivity contribution in [3.05, 3.63) is 35.9 Å². The minimum Gasteiger partial charge on any atom is -0.354 e. The molecule has 23 heavy (non-hydrogen) atoms. The van der Waals surface area contributed by atoms with Crippen molar-refractivity contribution in [1.82, 2.24) is 10.6 Å². The molecule has 1 aliphatic rings. The second-order valence-electron chi connectivity index (χ2n) is 5.24. The molecule has 2 N–H and O–H groups in total. The summed E-state index contributed by atoms with van der Waals surface area (Å²) < 4.78 is 44.0. The minimum atomic E-state index is -4.56. The summed E-state index contributed by atoms with van der Waals surface area (Å²) in [5, 5.41) is 5.85. The molecule has 4 nitrogen and oxygen atoms in total. The van der Waals surface area contributed by atoms with Crippen molar-refractivity contribution in [2.45, 2.75) is 31.2 Å². The summed E-state index contributed by atoms with van der Waals surface area (Å²) in [6.45, 7) is 0.977. The van der Waals surface area contributed by atoms with Crippen molar-refractivity contribution in [3.63, 3.8) is 0 Å². The summed E-state index contributed by atoms with van der Waals surface area (Å²) in [5.41, 5.74) is -0.00957. The van der Waals surface area contributed by atoms with Gasteiger partial charge in [0.05, 0.1) is 0 Å². The van der Waals surface area contributed by atoms with Crippen molar-refractivity contribution in [3.8, 4) is 0 Å². The second kappa shape index (κ2) is 9.10. The molecule has 1 saturated heterocycles. The lowest BCUT2D eigenvalue weighted by Gasteiger charge is -2.25. The lowest BCUT2D eigenvalue weighted by molar-refractivity contribution is -0.223. The van der Waals surface area contributed by atoms with Crippen LogP contribution in [0.2, 0.25) is 0 Å². The largest absolute Gasteiger partial charge is 0.418 e. The van der Waals surface area contributed by atoms with Gasteiger partial charge in [0.2, 0.25) is 5.91 Å². The van der Waals surface area contributed by atoms with Crippen LogP contribution in [0.25, 0.3) is 0 Å². The first-order chi connectivity index (χ1) is 10.5. The van der Waals surface area contributed by atoms with Crippen molar-refractivity contribution in [2.24, 2.45) is 0 Å². The van der Waals surface area contributed by atoms with Gasteiger partial charge >= 0.3 is 6.18 Å². The minimum absolute atomic E-state index is 0. The Morgan fingerprint density at radius 1 is 1.26 bits per heavy atom. The molecule has 130 valence electrons. The standard InChI is InChI=1S/C15H19F3N2O2.ClH/c16-15(17,18)14(11-4-2-1-3-5-11)22-10-13(21)20-12-6-8-19-9-7-12;/h1-5,12,14,19H,6-10H2,(H,20,21);1H. The van der Waals surface area contributed by atoms with Crippen LogP contribution < -0.4 is 10.6 Å². The maximum absolute atomic E-state index is 13.0. The molecule has 1 heterocycles. The first-order valence-corrected chi connectivity index (χ1v) is 7.20. The molecule has 1 fully saturated rings. The van der Waals surface area contributed by atoms with Gasteiger partial charge in [-0.2, -0.15) is 13.2 Å². The van der Waals surface area contributed by atoms with Gasteiger partial charge in [-0.25, -0.2) is 0 Å². The normalized spacial score (nSPS) is 17.2.